The standard InChI is InChI=1S/C13H15NO5/c1-19-13(18)12(8-2-4-9(15)5-3-8)14-7-10(16)6-11(14)17/h2-5,10,12,15-16H,6-7H2,1H3/t10?,12-/m1/s1. The van der Waals surface area contributed by atoms with Crippen molar-refractivity contribution in [3.8, 4) is 5.75 Å². The lowest BCUT2D eigenvalue weighted by molar-refractivity contribution is -0.151. The van der Waals surface area contributed by atoms with Crippen LogP contribution in [-0.2, 0) is 14.3 Å². The van der Waals surface area contributed by atoms with Gasteiger partial charge >= 0.3 is 5.97 Å². The minimum atomic E-state index is -0.893. The molecule has 102 valence electrons. The molecule has 1 aromatic rings. The van der Waals surface area contributed by atoms with Gasteiger partial charge in [0.2, 0.25) is 5.91 Å². The number of amides is 1. The first kappa shape index (κ1) is 13.4. The monoisotopic (exact) mass is 265 g/mol. The largest absolute Gasteiger partial charge is 0.508 e. The number of phenolic OH excluding ortho intramolecular Hbond substituents is 1. The van der Waals surface area contributed by atoms with Crippen LogP contribution in [0.15, 0.2) is 24.3 Å². The molecule has 2 rings (SSSR count). The Hall–Kier alpha value is -2.08. The van der Waals surface area contributed by atoms with Crippen LogP contribution in [0.25, 0.3) is 0 Å². The zero-order chi connectivity index (χ0) is 14.0. The van der Waals surface area contributed by atoms with Crippen molar-refractivity contribution in [1.82, 2.24) is 4.90 Å². The average Bonchev–Trinajstić information content (AvgIpc) is 2.71. The predicted octanol–water partition coefficient (Wildman–Crippen LogP) is 0.199. The van der Waals surface area contributed by atoms with E-state index in [9.17, 15) is 19.8 Å². The number of carbonyl (C=O) groups excluding carboxylic acids is 2. The van der Waals surface area contributed by atoms with E-state index in [1.54, 1.807) is 12.1 Å². The fourth-order valence-electron chi connectivity index (χ4n) is 2.17. The Kier molecular flexibility index (Phi) is 3.71. The molecule has 6 heteroatoms. The molecule has 1 fully saturated rings. The van der Waals surface area contributed by atoms with Gasteiger partial charge in [-0.25, -0.2) is 4.79 Å². The molecule has 2 N–H and O–H groups in total. The molecule has 1 saturated heterocycles. The highest BCUT2D eigenvalue weighted by atomic mass is 16.5. The van der Waals surface area contributed by atoms with Crippen molar-refractivity contribution in [3.63, 3.8) is 0 Å². The van der Waals surface area contributed by atoms with Crippen molar-refractivity contribution in [2.24, 2.45) is 0 Å². The van der Waals surface area contributed by atoms with Crippen LogP contribution in [0.2, 0.25) is 0 Å². The second-order valence-electron chi connectivity index (χ2n) is 4.42. The van der Waals surface area contributed by atoms with Crippen LogP contribution in [0, 0.1) is 0 Å². The highest BCUT2D eigenvalue weighted by Crippen LogP contribution is 2.28. The molecule has 1 aromatic carbocycles. The van der Waals surface area contributed by atoms with Crippen molar-refractivity contribution in [3.05, 3.63) is 29.8 Å². The molecule has 0 aromatic heterocycles. The van der Waals surface area contributed by atoms with Gasteiger partial charge in [0.15, 0.2) is 6.04 Å². The van der Waals surface area contributed by atoms with Gasteiger partial charge in [-0.3, -0.25) is 4.79 Å². The van der Waals surface area contributed by atoms with Crippen molar-refractivity contribution >= 4 is 11.9 Å². The van der Waals surface area contributed by atoms with Gasteiger partial charge in [0.05, 0.1) is 19.6 Å². The van der Waals surface area contributed by atoms with E-state index in [-0.39, 0.29) is 24.6 Å². The molecule has 1 heterocycles. The SMILES string of the molecule is COC(=O)[C@@H](c1ccc(O)cc1)N1CC(O)CC1=O. The number of β-amino-alcohol motifs (C(OH)–C–C–N with tert-alkyl or cyclic N) is 1. The lowest BCUT2D eigenvalue weighted by Gasteiger charge is -2.25. The summed E-state index contributed by atoms with van der Waals surface area (Å²) in [5, 5.41) is 18.8. The van der Waals surface area contributed by atoms with Crippen LogP contribution in [0.3, 0.4) is 0 Å². The van der Waals surface area contributed by atoms with Crippen molar-refractivity contribution < 1.29 is 24.5 Å². The van der Waals surface area contributed by atoms with Crippen LogP contribution in [-0.4, -0.2) is 46.7 Å². The van der Waals surface area contributed by atoms with E-state index in [1.807, 2.05) is 0 Å². The zero-order valence-electron chi connectivity index (χ0n) is 10.4. The Morgan fingerprint density at radius 3 is 2.53 bits per heavy atom. The number of aromatic hydroxyl groups is 1. The Morgan fingerprint density at radius 2 is 2.05 bits per heavy atom. The number of ether oxygens (including phenoxy) is 1. The molecule has 0 spiro atoms. The summed E-state index contributed by atoms with van der Waals surface area (Å²) in [6, 6.07) is 5.07. The van der Waals surface area contributed by atoms with Crippen molar-refractivity contribution in [2.45, 2.75) is 18.6 Å². The number of phenols is 1. The molecule has 1 unspecified atom stereocenters. The second kappa shape index (κ2) is 5.27. The van der Waals surface area contributed by atoms with Crippen molar-refractivity contribution in [1.29, 1.82) is 0 Å². The Bertz CT molecular complexity index is 484. The first-order chi connectivity index (χ1) is 9.02. The molecule has 0 aliphatic carbocycles. The van der Waals surface area contributed by atoms with E-state index in [1.165, 1.54) is 24.1 Å². The molecule has 1 amide bonds. The number of nitrogens with zero attached hydrogens (tertiary/aromatic N) is 1. The minimum absolute atomic E-state index is 0.00553. The number of likely N-dealkylation sites (tertiary alicyclic amines) is 1. The van der Waals surface area contributed by atoms with Crippen LogP contribution in [0.1, 0.15) is 18.0 Å². The molecular weight excluding hydrogens is 250 g/mol. The fourth-order valence-corrected chi connectivity index (χ4v) is 2.17. The molecule has 0 saturated carbocycles. The topological polar surface area (TPSA) is 87.1 Å². The van der Waals surface area contributed by atoms with Gasteiger partial charge in [-0.1, -0.05) is 12.1 Å². The van der Waals surface area contributed by atoms with E-state index in [0.29, 0.717) is 5.56 Å². The van der Waals surface area contributed by atoms with E-state index < -0.39 is 18.1 Å². The van der Waals surface area contributed by atoms with E-state index >= 15 is 0 Å². The minimum Gasteiger partial charge on any atom is -0.508 e. The maximum Gasteiger partial charge on any atom is 0.333 e. The summed E-state index contributed by atoms with van der Waals surface area (Å²) in [4.78, 5) is 25.0. The normalized spacial score (nSPS) is 20.4. The number of methoxy groups -OCH3 is 1. The third-order valence-corrected chi connectivity index (χ3v) is 3.08. The third-order valence-electron chi connectivity index (χ3n) is 3.08. The maximum absolute atomic E-state index is 11.9. The fraction of sp³-hybridized carbons (Fsp3) is 0.385. The Morgan fingerprint density at radius 1 is 1.42 bits per heavy atom. The number of hydrogen-bond donors (Lipinski definition) is 2. The molecule has 6 nitrogen and oxygen atoms in total. The number of rotatable bonds is 3. The summed E-state index contributed by atoms with van der Waals surface area (Å²) in [6.07, 6.45) is -0.761. The molecule has 0 radical (unpaired) electrons. The molecular formula is C13H15NO5. The summed E-state index contributed by atoms with van der Waals surface area (Å²) in [5.74, 6) is -0.802. The summed E-state index contributed by atoms with van der Waals surface area (Å²) < 4.78 is 4.72. The smallest absolute Gasteiger partial charge is 0.333 e. The van der Waals surface area contributed by atoms with Gasteiger partial charge in [-0.15, -0.1) is 0 Å². The Labute approximate surface area is 110 Å². The molecule has 2 atom stereocenters. The zero-order valence-corrected chi connectivity index (χ0v) is 10.4. The highest BCUT2D eigenvalue weighted by Gasteiger charge is 2.38. The molecule has 1 aliphatic rings. The number of hydrogen-bond acceptors (Lipinski definition) is 5. The lowest BCUT2D eigenvalue weighted by Crippen LogP contribution is -2.36. The van der Waals surface area contributed by atoms with Crippen LogP contribution in [0.4, 0.5) is 0 Å². The first-order valence-electron chi connectivity index (χ1n) is 5.87. The van der Waals surface area contributed by atoms with Gasteiger partial charge < -0.3 is 19.8 Å². The number of aliphatic hydroxyl groups is 1. The summed E-state index contributed by atoms with van der Waals surface area (Å²) in [5.41, 5.74) is 0.534. The molecule has 19 heavy (non-hydrogen) atoms. The van der Waals surface area contributed by atoms with Gasteiger partial charge in [0.25, 0.3) is 0 Å². The van der Waals surface area contributed by atoms with E-state index in [4.69, 9.17) is 4.74 Å². The first-order valence-corrected chi connectivity index (χ1v) is 5.87. The van der Waals surface area contributed by atoms with Crippen LogP contribution in [0.5, 0.6) is 5.75 Å². The summed E-state index contributed by atoms with van der Waals surface area (Å²) in [7, 11) is 1.24. The molecule has 1 aliphatic heterocycles. The van der Waals surface area contributed by atoms with Gasteiger partial charge in [0, 0.05) is 6.54 Å². The predicted molar refractivity (Wildman–Crippen MR) is 65.2 cm³/mol. The summed E-state index contributed by atoms with van der Waals surface area (Å²) >= 11 is 0. The van der Waals surface area contributed by atoms with E-state index in [0.717, 1.165) is 0 Å². The summed E-state index contributed by atoms with van der Waals surface area (Å²) in [6.45, 7) is 0.0967. The van der Waals surface area contributed by atoms with Crippen LogP contribution >= 0.6 is 0 Å². The van der Waals surface area contributed by atoms with Gasteiger partial charge in [0.1, 0.15) is 5.75 Å². The lowest BCUT2D eigenvalue weighted by atomic mass is 10.1. The quantitative estimate of drug-likeness (QED) is 0.762. The van der Waals surface area contributed by atoms with Gasteiger partial charge in [-0.2, -0.15) is 0 Å². The molecule has 0 bridgehead atoms. The highest BCUT2D eigenvalue weighted by molar-refractivity contribution is 5.87. The second-order valence-corrected chi connectivity index (χ2v) is 4.42. The number of esters is 1. The number of aliphatic hydroxyl groups excluding tert-OH is 1. The average molecular weight is 265 g/mol. The van der Waals surface area contributed by atoms with Crippen molar-refractivity contribution in [2.75, 3.05) is 13.7 Å². The third kappa shape index (κ3) is 2.68. The number of carbonyl (C=O) groups is 2. The van der Waals surface area contributed by atoms with Gasteiger partial charge in [-0.05, 0) is 17.7 Å². The maximum atomic E-state index is 11.9. The Balaban J connectivity index is 2.33. The number of benzene rings is 1. The van der Waals surface area contributed by atoms with E-state index in [2.05, 4.69) is 0 Å². The van der Waals surface area contributed by atoms with Crippen LogP contribution < -0.4 is 0 Å².